The Balaban J connectivity index is 1.69. The molecule has 1 atom stereocenters. The van der Waals surface area contributed by atoms with Gasteiger partial charge in [0.05, 0.1) is 0 Å². The number of hydrogen-bond acceptors (Lipinski definition) is 2. The molecular weight excluding hydrogens is 234 g/mol. The highest BCUT2D eigenvalue weighted by Gasteiger charge is 2.41. The van der Waals surface area contributed by atoms with Crippen LogP contribution in [0.25, 0.3) is 0 Å². The van der Waals surface area contributed by atoms with Crippen molar-refractivity contribution in [2.45, 2.75) is 52.0 Å². The van der Waals surface area contributed by atoms with Gasteiger partial charge in [-0.2, -0.15) is 0 Å². The molecule has 0 bridgehead atoms. The average Bonchev–Trinajstić information content (AvgIpc) is 3.15. The standard InChI is InChI=1S/C17H27NO/c1-14-4-3-5-16(12-14)7-6-15(2)18-13-17(8-9-17)10-11-19/h3-5,12,15,18-19H,6-11,13H2,1-2H3. The van der Waals surface area contributed by atoms with Crippen molar-refractivity contribution in [3.63, 3.8) is 0 Å². The van der Waals surface area contributed by atoms with E-state index >= 15 is 0 Å². The van der Waals surface area contributed by atoms with E-state index in [0.717, 1.165) is 19.4 Å². The third-order valence-corrected chi connectivity index (χ3v) is 4.37. The minimum Gasteiger partial charge on any atom is -0.396 e. The second kappa shape index (κ2) is 6.53. The fourth-order valence-electron chi connectivity index (χ4n) is 2.67. The third kappa shape index (κ3) is 4.63. The number of aliphatic hydroxyl groups is 1. The second-order valence-electron chi connectivity index (χ2n) is 6.28. The van der Waals surface area contributed by atoms with E-state index in [-0.39, 0.29) is 0 Å². The van der Waals surface area contributed by atoms with Crippen molar-refractivity contribution in [2.75, 3.05) is 13.2 Å². The van der Waals surface area contributed by atoms with Crippen LogP contribution in [0.15, 0.2) is 24.3 Å². The maximum absolute atomic E-state index is 9.06. The summed E-state index contributed by atoms with van der Waals surface area (Å²) in [5.41, 5.74) is 3.20. The van der Waals surface area contributed by atoms with Gasteiger partial charge in [0.25, 0.3) is 0 Å². The Morgan fingerprint density at radius 2 is 2.16 bits per heavy atom. The van der Waals surface area contributed by atoms with Crippen LogP contribution >= 0.6 is 0 Å². The summed E-state index contributed by atoms with van der Waals surface area (Å²) in [6.45, 7) is 5.82. The molecule has 1 aliphatic rings. The zero-order valence-corrected chi connectivity index (χ0v) is 12.3. The molecule has 0 saturated heterocycles. The predicted octanol–water partition coefficient (Wildman–Crippen LogP) is 3.07. The lowest BCUT2D eigenvalue weighted by atomic mass is 10.0. The lowest BCUT2D eigenvalue weighted by Gasteiger charge is -2.19. The molecule has 0 radical (unpaired) electrons. The van der Waals surface area contributed by atoms with E-state index in [1.54, 1.807) is 0 Å². The van der Waals surface area contributed by atoms with Gasteiger partial charge in [-0.3, -0.25) is 0 Å². The van der Waals surface area contributed by atoms with Crippen molar-refractivity contribution in [2.24, 2.45) is 5.41 Å². The van der Waals surface area contributed by atoms with E-state index in [9.17, 15) is 0 Å². The molecule has 0 heterocycles. The molecule has 2 N–H and O–H groups in total. The number of aliphatic hydroxyl groups excluding tert-OH is 1. The Hall–Kier alpha value is -0.860. The van der Waals surface area contributed by atoms with E-state index in [2.05, 4.69) is 43.4 Å². The van der Waals surface area contributed by atoms with Crippen LogP contribution in [-0.4, -0.2) is 24.3 Å². The molecule has 2 rings (SSSR count). The van der Waals surface area contributed by atoms with Gasteiger partial charge in [-0.05, 0) is 56.9 Å². The van der Waals surface area contributed by atoms with Crippen molar-refractivity contribution < 1.29 is 5.11 Å². The van der Waals surface area contributed by atoms with Gasteiger partial charge in [-0.15, -0.1) is 0 Å². The Bertz CT molecular complexity index is 398. The first-order chi connectivity index (χ1) is 9.13. The first-order valence-electron chi connectivity index (χ1n) is 7.53. The zero-order valence-electron chi connectivity index (χ0n) is 12.3. The van der Waals surface area contributed by atoms with E-state index in [4.69, 9.17) is 5.11 Å². The van der Waals surface area contributed by atoms with Crippen molar-refractivity contribution in [3.05, 3.63) is 35.4 Å². The number of hydrogen-bond donors (Lipinski definition) is 2. The molecule has 1 aromatic carbocycles. The van der Waals surface area contributed by atoms with Crippen LogP contribution in [0.2, 0.25) is 0 Å². The Labute approximate surface area is 117 Å². The van der Waals surface area contributed by atoms with Crippen molar-refractivity contribution in [1.29, 1.82) is 0 Å². The van der Waals surface area contributed by atoms with Crippen molar-refractivity contribution in [1.82, 2.24) is 5.32 Å². The lowest BCUT2D eigenvalue weighted by Crippen LogP contribution is -2.32. The van der Waals surface area contributed by atoms with Crippen LogP contribution in [0, 0.1) is 12.3 Å². The summed E-state index contributed by atoms with van der Waals surface area (Å²) in [7, 11) is 0. The lowest BCUT2D eigenvalue weighted by molar-refractivity contribution is 0.242. The topological polar surface area (TPSA) is 32.3 Å². The minimum atomic E-state index is 0.333. The molecule has 0 aromatic heterocycles. The van der Waals surface area contributed by atoms with E-state index in [0.29, 0.717) is 18.1 Å². The summed E-state index contributed by atoms with van der Waals surface area (Å²) in [6, 6.07) is 9.34. The normalized spacial score (nSPS) is 18.3. The summed E-state index contributed by atoms with van der Waals surface area (Å²) in [5.74, 6) is 0. The molecule has 1 fully saturated rings. The molecule has 0 amide bonds. The number of rotatable bonds is 8. The number of nitrogens with one attached hydrogen (secondary N) is 1. The molecule has 1 aliphatic carbocycles. The van der Waals surface area contributed by atoms with Gasteiger partial charge in [0.1, 0.15) is 0 Å². The minimum absolute atomic E-state index is 0.333. The smallest absolute Gasteiger partial charge is 0.0436 e. The fraction of sp³-hybridized carbons (Fsp3) is 0.647. The largest absolute Gasteiger partial charge is 0.396 e. The van der Waals surface area contributed by atoms with Gasteiger partial charge in [0.2, 0.25) is 0 Å². The molecule has 2 heteroatoms. The first kappa shape index (κ1) is 14.5. The van der Waals surface area contributed by atoms with Crippen molar-refractivity contribution >= 4 is 0 Å². The van der Waals surface area contributed by atoms with E-state index in [1.807, 2.05) is 0 Å². The van der Waals surface area contributed by atoms with Crippen LogP contribution in [0.3, 0.4) is 0 Å². The zero-order chi connectivity index (χ0) is 13.7. The summed E-state index contributed by atoms with van der Waals surface area (Å²) >= 11 is 0. The van der Waals surface area contributed by atoms with Crippen molar-refractivity contribution in [3.8, 4) is 0 Å². The molecule has 0 aliphatic heterocycles. The molecule has 2 nitrogen and oxygen atoms in total. The first-order valence-corrected chi connectivity index (χ1v) is 7.53. The van der Waals surface area contributed by atoms with Gasteiger partial charge in [0.15, 0.2) is 0 Å². The molecule has 1 saturated carbocycles. The van der Waals surface area contributed by atoms with Gasteiger partial charge in [0, 0.05) is 19.2 Å². The maximum atomic E-state index is 9.06. The highest BCUT2D eigenvalue weighted by Crippen LogP contribution is 2.47. The van der Waals surface area contributed by atoms with Crippen LogP contribution in [0.5, 0.6) is 0 Å². The SMILES string of the molecule is Cc1cccc(CCC(C)NCC2(CCO)CC2)c1. The number of benzene rings is 1. The quantitative estimate of drug-likeness (QED) is 0.754. The maximum Gasteiger partial charge on any atom is 0.0436 e. The van der Waals surface area contributed by atoms with E-state index in [1.165, 1.54) is 30.4 Å². The second-order valence-corrected chi connectivity index (χ2v) is 6.28. The van der Waals surface area contributed by atoms with Gasteiger partial charge >= 0.3 is 0 Å². The van der Waals surface area contributed by atoms with Crippen LogP contribution in [-0.2, 0) is 6.42 Å². The van der Waals surface area contributed by atoms with Crippen LogP contribution < -0.4 is 5.32 Å². The summed E-state index contributed by atoms with van der Waals surface area (Å²) in [5, 5.41) is 12.7. The highest BCUT2D eigenvalue weighted by molar-refractivity contribution is 5.22. The molecular formula is C17H27NO. The van der Waals surface area contributed by atoms with E-state index < -0.39 is 0 Å². The Kier molecular flexibility index (Phi) is 5.00. The molecule has 0 spiro atoms. The van der Waals surface area contributed by atoms with Crippen LogP contribution in [0.1, 0.15) is 43.7 Å². The summed E-state index contributed by atoms with van der Waals surface area (Å²) < 4.78 is 0. The molecule has 19 heavy (non-hydrogen) atoms. The Morgan fingerprint density at radius 3 is 2.79 bits per heavy atom. The highest BCUT2D eigenvalue weighted by atomic mass is 16.3. The summed E-state index contributed by atoms with van der Waals surface area (Å²) in [4.78, 5) is 0. The fourth-order valence-corrected chi connectivity index (χ4v) is 2.67. The number of aryl methyl sites for hydroxylation is 2. The van der Waals surface area contributed by atoms with Gasteiger partial charge in [-0.25, -0.2) is 0 Å². The molecule has 1 unspecified atom stereocenters. The third-order valence-electron chi connectivity index (χ3n) is 4.37. The van der Waals surface area contributed by atoms with Gasteiger partial charge in [-0.1, -0.05) is 29.8 Å². The molecule has 106 valence electrons. The predicted molar refractivity (Wildman–Crippen MR) is 80.3 cm³/mol. The monoisotopic (exact) mass is 261 g/mol. The van der Waals surface area contributed by atoms with Crippen LogP contribution in [0.4, 0.5) is 0 Å². The summed E-state index contributed by atoms with van der Waals surface area (Å²) in [6.07, 6.45) is 5.85. The van der Waals surface area contributed by atoms with Gasteiger partial charge < -0.3 is 10.4 Å². The Morgan fingerprint density at radius 1 is 1.37 bits per heavy atom. The molecule has 1 aromatic rings. The average molecular weight is 261 g/mol.